The lowest BCUT2D eigenvalue weighted by atomic mass is 10.1. The first-order chi connectivity index (χ1) is 14.8. The number of aromatic nitrogens is 2. The highest BCUT2D eigenvalue weighted by atomic mass is 32.2. The number of likely N-dealkylation sites (tertiary alicyclic amines) is 1. The Hall–Kier alpha value is -2.52. The monoisotopic (exact) mass is 444 g/mol. The molecule has 2 aliphatic rings. The lowest BCUT2D eigenvalue weighted by Crippen LogP contribution is -2.44. The van der Waals surface area contributed by atoms with Crippen molar-refractivity contribution < 1.29 is 17.9 Å². The number of nitrogens with zero attached hydrogens (tertiary/aromatic N) is 4. The molecule has 31 heavy (non-hydrogen) atoms. The van der Waals surface area contributed by atoms with E-state index in [2.05, 4.69) is 9.97 Å². The topological polar surface area (TPSA) is 92.7 Å². The first kappa shape index (κ1) is 21.7. The number of piperidine rings is 1. The summed E-state index contributed by atoms with van der Waals surface area (Å²) in [6.07, 6.45) is 3.26. The van der Waals surface area contributed by atoms with E-state index < -0.39 is 10.0 Å². The van der Waals surface area contributed by atoms with Crippen molar-refractivity contribution in [1.29, 1.82) is 0 Å². The fourth-order valence-electron chi connectivity index (χ4n) is 4.14. The van der Waals surface area contributed by atoms with Crippen molar-refractivity contribution in [3.63, 3.8) is 0 Å². The van der Waals surface area contributed by atoms with Crippen molar-refractivity contribution in [2.45, 2.75) is 50.5 Å². The molecule has 1 aromatic heterocycles. The average molecular weight is 445 g/mol. The summed E-state index contributed by atoms with van der Waals surface area (Å²) in [5, 5.41) is 0. The summed E-state index contributed by atoms with van der Waals surface area (Å²) >= 11 is 0. The van der Waals surface area contributed by atoms with Crippen molar-refractivity contribution >= 4 is 15.9 Å². The third kappa shape index (κ3) is 4.88. The van der Waals surface area contributed by atoms with E-state index in [1.54, 1.807) is 17.0 Å². The predicted molar refractivity (Wildman–Crippen MR) is 115 cm³/mol. The fourth-order valence-corrected chi connectivity index (χ4v) is 5.66. The second kappa shape index (κ2) is 8.92. The molecule has 2 aliphatic heterocycles. The van der Waals surface area contributed by atoms with E-state index in [0.29, 0.717) is 37.8 Å². The van der Waals surface area contributed by atoms with Gasteiger partial charge in [0.15, 0.2) is 0 Å². The maximum atomic E-state index is 13.0. The SMILES string of the molecule is Cc1cc(C)nc(O[C@@H]2CCCN(C(=O)c3ccc(S(=O)(=O)N4CCCC4)cc3)C2)n1. The minimum Gasteiger partial charge on any atom is -0.458 e. The lowest BCUT2D eigenvalue weighted by molar-refractivity contribution is 0.0515. The molecule has 2 aromatic rings. The summed E-state index contributed by atoms with van der Waals surface area (Å²) in [4.78, 5) is 23.6. The number of benzene rings is 1. The number of sulfonamides is 1. The number of carbonyl (C=O) groups excluding carboxylic acids is 1. The van der Waals surface area contributed by atoms with Crippen LogP contribution in [0.25, 0.3) is 0 Å². The Balaban J connectivity index is 1.42. The first-order valence-corrected chi connectivity index (χ1v) is 12.2. The zero-order valence-electron chi connectivity index (χ0n) is 18.0. The highest BCUT2D eigenvalue weighted by molar-refractivity contribution is 7.89. The zero-order valence-corrected chi connectivity index (χ0v) is 18.8. The average Bonchev–Trinajstić information content (AvgIpc) is 3.29. The molecule has 0 spiro atoms. The molecule has 0 bridgehead atoms. The van der Waals surface area contributed by atoms with Crippen LogP contribution in [0.4, 0.5) is 0 Å². The van der Waals surface area contributed by atoms with Crippen LogP contribution in [-0.4, -0.2) is 65.8 Å². The minimum absolute atomic E-state index is 0.125. The van der Waals surface area contributed by atoms with Gasteiger partial charge >= 0.3 is 6.01 Å². The molecule has 0 unspecified atom stereocenters. The van der Waals surface area contributed by atoms with E-state index in [1.165, 1.54) is 16.4 Å². The van der Waals surface area contributed by atoms with Gasteiger partial charge in [0.05, 0.1) is 11.4 Å². The maximum Gasteiger partial charge on any atom is 0.317 e. The van der Waals surface area contributed by atoms with Crippen LogP contribution in [0.15, 0.2) is 35.2 Å². The van der Waals surface area contributed by atoms with E-state index in [9.17, 15) is 13.2 Å². The van der Waals surface area contributed by atoms with Crippen molar-refractivity contribution in [2.75, 3.05) is 26.2 Å². The number of rotatable bonds is 5. The van der Waals surface area contributed by atoms with Crippen LogP contribution in [0, 0.1) is 13.8 Å². The molecule has 9 heteroatoms. The van der Waals surface area contributed by atoms with E-state index in [-0.39, 0.29) is 16.9 Å². The lowest BCUT2D eigenvalue weighted by Gasteiger charge is -2.32. The van der Waals surface area contributed by atoms with E-state index in [0.717, 1.165) is 37.1 Å². The Morgan fingerprint density at radius 1 is 1.00 bits per heavy atom. The number of aryl methyl sites for hydroxylation is 2. The molecule has 2 fully saturated rings. The number of amides is 1. The van der Waals surface area contributed by atoms with Crippen molar-refractivity contribution in [3.8, 4) is 6.01 Å². The van der Waals surface area contributed by atoms with Crippen LogP contribution in [0.3, 0.4) is 0 Å². The number of ether oxygens (including phenoxy) is 1. The van der Waals surface area contributed by atoms with Crippen LogP contribution >= 0.6 is 0 Å². The Bertz CT molecular complexity index is 1030. The van der Waals surface area contributed by atoms with Crippen molar-refractivity contribution in [2.24, 2.45) is 0 Å². The summed E-state index contributed by atoms with van der Waals surface area (Å²) < 4.78 is 32.8. The van der Waals surface area contributed by atoms with Gasteiger partial charge < -0.3 is 9.64 Å². The van der Waals surface area contributed by atoms with Gasteiger partial charge in [0, 0.05) is 36.6 Å². The summed E-state index contributed by atoms with van der Waals surface area (Å²) in [5.41, 5.74) is 2.16. The molecular formula is C22H28N4O4S. The van der Waals surface area contributed by atoms with Gasteiger partial charge in [0.25, 0.3) is 5.91 Å². The summed E-state index contributed by atoms with van der Waals surface area (Å²) in [7, 11) is -3.48. The smallest absolute Gasteiger partial charge is 0.317 e. The summed E-state index contributed by atoms with van der Waals surface area (Å²) in [5.74, 6) is -0.125. The second-order valence-electron chi connectivity index (χ2n) is 8.20. The van der Waals surface area contributed by atoms with Gasteiger partial charge in [-0.3, -0.25) is 4.79 Å². The van der Waals surface area contributed by atoms with Gasteiger partial charge in [0.2, 0.25) is 10.0 Å². The molecule has 8 nitrogen and oxygen atoms in total. The quantitative estimate of drug-likeness (QED) is 0.704. The van der Waals surface area contributed by atoms with Gasteiger partial charge in [-0.05, 0) is 69.9 Å². The predicted octanol–water partition coefficient (Wildman–Crippen LogP) is 2.56. The molecule has 1 atom stereocenters. The molecule has 1 amide bonds. The van der Waals surface area contributed by atoms with Crippen LogP contribution < -0.4 is 4.74 Å². The fraction of sp³-hybridized carbons (Fsp3) is 0.500. The highest BCUT2D eigenvalue weighted by Crippen LogP contribution is 2.23. The highest BCUT2D eigenvalue weighted by Gasteiger charge is 2.29. The molecule has 4 rings (SSSR count). The van der Waals surface area contributed by atoms with E-state index >= 15 is 0 Å². The molecule has 0 radical (unpaired) electrons. The molecule has 0 aliphatic carbocycles. The normalized spacial score (nSPS) is 20.1. The standard InChI is InChI=1S/C22H28N4O4S/c1-16-14-17(2)24-22(23-16)30-19-6-5-11-25(15-19)21(27)18-7-9-20(10-8-18)31(28,29)26-12-3-4-13-26/h7-10,14,19H,3-6,11-13,15H2,1-2H3/t19-/m1/s1. The van der Waals surface area contributed by atoms with Crippen LogP contribution in [-0.2, 0) is 10.0 Å². The van der Waals surface area contributed by atoms with Crippen LogP contribution in [0.2, 0.25) is 0 Å². The maximum absolute atomic E-state index is 13.0. The van der Waals surface area contributed by atoms with E-state index in [1.807, 2.05) is 19.9 Å². The molecule has 166 valence electrons. The molecule has 2 saturated heterocycles. The number of carbonyl (C=O) groups is 1. The van der Waals surface area contributed by atoms with Crippen LogP contribution in [0.1, 0.15) is 47.4 Å². The minimum atomic E-state index is -3.48. The van der Waals surface area contributed by atoms with E-state index in [4.69, 9.17) is 4.74 Å². The summed E-state index contributed by atoms with van der Waals surface area (Å²) in [6, 6.07) is 8.49. The second-order valence-corrected chi connectivity index (χ2v) is 10.1. The van der Waals surface area contributed by atoms with Gasteiger partial charge in [-0.1, -0.05) is 0 Å². The van der Waals surface area contributed by atoms with Crippen molar-refractivity contribution in [1.82, 2.24) is 19.2 Å². The Labute approximate surface area is 183 Å². The molecule has 0 N–H and O–H groups in total. The van der Waals surface area contributed by atoms with Crippen molar-refractivity contribution in [3.05, 3.63) is 47.3 Å². The molecule has 1 aromatic carbocycles. The van der Waals surface area contributed by atoms with Gasteiger partial charge in [0.1, 0.15) is 6.10 Å². The number of hydrogen-bond donors (Lipinski definition) is 0. The Morgan fingerprint density at radius 3 is 2.29 bits per heavy atom. The molecule has 3 heterocycles. The molecular weight excluding hydrogens is 416 g/mol. The summed E-state index contributed by atoms with van der Waals surface area (Å²) in [6.45, 7) is 5.99. The van der Waals surface area contributed by atoms with Crippen LogP contribution in [0.5, 0.6) is 6.01 Å². The number of hydrogen-bond acceptors (Lipinski definition) is 6. The third-order valence-electron chi connectivity index (χ3n) is 5.70. The Morgan fingerprint density at radius 2 is 1.65 bits per heavy atom. The Kier molecular flexibility index (Phi) is 6.24. The van der Waals surface area contributed by atoms with Gasteiger partial charge in [-0.15, -0.1) is 0 Å². The molecule has 0 saturated carbocycles. The first-order valence-electron chi connectivity index (χ1n) is 10.7. The van der Waals surface area contributed by atoms with Gasteiger partial charge in [-0.25, -0.2) is 18.4 Å². The third-order valence-corrected chi connectivity index (χ3v) is 7.62. The zero-order chi connectivity index (χ0) is 22.0. The van der Waals surface area contributed by atoms with Gasteiger partial charge in [-0.2, -0.15) is 4.31 Å². The largest absolute Gasteiger partial charge is 0.458 e.